The Morgan fingerprint density at radius 3 is 2.26 bits per heavy atom. The molecule has 0 spiro atoms. The lowest BCUT2D eigenvalue weighted by molar-refractivity contribution is 0.270. The fourth-order valence-electron chi connectivity index (χ4n) is 2.58. The van der Waals surface area contributed by atoms with Crippen molar-refractivity contribution in [1.82, 2.24) is 9.88 Å². The van der Waals surface area contributed by atoms with E-state index in [0.717, 1.165) is 32.7 Å². The van der Waals surface area contributed by atoms with E-state index in [2.05, 4.69) is 56.7 Å². The number of pyridine rings is 1. The summed E-state index contributed by atoms with van der Waals surface area (Å²) < 4.78 is 0. The Bertz CT molecular complexity index is 426. The molecule has 3 nitrogen and oxygen atoms in total. The van der Waals surface area contributed by atoms with Crippen LogP contribution < -0.4 is 4.90 Å². The average Bonchev–Trinajstić information content (AvgIpc) is 2.38. The highest BCUT2D eigenvalue weighted by atomic mass is 15.3. The van der Waals surface area contributed by atoms with E-state index < -0.39 is 0 Å². The Hall–Kier alpha value is -1.09. The minimum Gasteiger partial charge on any atom is -0.354 e. The van der Waals surface area contributed by atoms with Gasteiger partial charge in [0.1, 0.15) is 5.82 Å². The molecule has 0 saturated carbocycles. The number of hydrogen-bond acceptors (Lipinski definition) is 3. The molecule has 2 rings (SSSR count). The molecule has 0 amide bonds. The number of aromatic nitrogens is 1. The third-order valence-electron chi connectivity index (χ3n) is 4.04. The summed E-state index contributed by atoms with van der Waals surface area (Å²) >= 11 is 0. The zero-order chi connectivity index (χ0) is 14.0. The molecule has 2 heterocycles. The van der Waals surface area contributed by atoms with Crippen molar-refractivity contribution in [3.05, 3.63) is 23.4 Å². The van der Waals surface area contributed by atoms with Crippen LogP contribution in [0.4, 0.5) is 5.82 Å². The second-order valence-electron chi connectivity index (χ2n) is 6.54. The summed E-state index contributed by atoms with van der Waals surface area (Å²) in [5.41, 5.74) is 2.80. The molecule has 0 N–H and O–H groups in total. The predicted molar refractivity (Wildman–Crippen MR) is 82.0 cm³/mol. The Kier molecular flexibility index (Phi) is 4.14. The minimum atomic E-state index is 0.178. The smallest absolute Gasteiger partial charge is 0.131 e. The van der Waals surface area contributed by atoms with Crippen LogP contribution in [-0.4, -0.2) is 42.6 Å². The maximum Gasteiger partial charge on any atom is 0.131 e. The Morgan fingerprint density at radius 1 is 1.16 bits per heavy atom. The molecular formula is C16H27N3. The van der Waals surface area contributed by atoms with Gasteiger partial charge in [-0.2, -0.15) is 0 Å². The van der Waals surface area contributed by atoms with Gasteiger partial charge in [-0.15, -0.1) is 0 Å². The van der Waals surface area contributed by atoms with Crippen molar-refractivity contribution in [1.29, 1.82) is 0 Å². The maximum absolute atomic E-state index is 4.73. The van der Waals surface area contributed by atoms with E-state index in [9.17, 15) is 0 Å². The molecule has 1 fully saturated rings. The van der Waals surface area contributed by atoms with E-state index in [-0.39, 0.29) is 5.41 Å². The second-order valence-corrected chi connectivity index (χ2v) is 6.54. The summed E-state index contributed by atoms with van der Waals surface area (Å²) in [6, 6.07) is 2.30. The fraction of sp³-hybridized carbons (Fsp3) is 0.688. The topological polar surface area (TPSA) is 19.4 Å². The van der Waals surface area contributed by atoms with E-state index in [1.165, 1.54) is 16.9 Å². The average molecular weight is 261 g/mol. The van der Waals surface area contributed by atoms with Crippen molar-refractivity contribution in [3.63, 3.8) is 0 Å². The lowest BCUT2D eigenvalue weighted by Gasteiger charge is -2.35. The van der Waals surface area contributed by atoms with Crippen molar-refractivity contribution >= 4 is 5.82 Å². The molecular weight excluding hydrogens is 234 g/mol. The minimum absolute atomic E-state index is 0.178. The molecule has 0 aliphatic carbocycles. The van der Waals surface area contributed by atoms with Crippen LogP contribution in [-0.2, 0) is 5.41 Å². The van der Waals surface area contributed by atoms with Gasteiger partial charge in [-0.3, -0.25) is 0 Å². The Balaban J connectivity index is 2.14. The van der Waals surface area contributed by atoms with Crippen LogP contribution >= 0.6 is 0 Å². The lowest BCUT2D eigenvalue weighted by Crippen LogP contribution is -2.46. The SMILES string of the molecule is CCN1CCN(c2ncc(C(C)(C)C)cc2C)CC1. The largest absolute Gasteiger partial charge is 0.354 e. The highest BCUT2D eigenvalue weighted by Gasteiger charge is 2.20. The highest BCUT2D eigenvalue weighted by molar-refractivity contribution is 5.48. The first-order chi connectivity index (χ1) is 8.91. The van der Waals surface area contributed by atoms with Crippen molar-refractivity contribution in [2.45, 2.75) is 40.0 Å². The fourth-order valence-corrected chi connectivity index (χ4v) is 2.58. The van der Waals surface area contributed by atoms with E-state index in [0.29, 0.717) is 0 Å². The van der Waals surface area contributed by atoms with Crippen LogP contribution in [0.5, 0.6) is 0 Å². The van der Waals surface area contributed by atoms with Gasteiger partial charge in [-0.1, -0.05) is 33.8 Å². The molecule has 1 saturated heterocycles. The summed E-state index contributed by atoms with van der Waals surface area (Å²) in [5.74, 6) is 1.17. The molecule has 0 unspecified atom stereocenters. The van der Waals surface area contributed by atoms with Gasteiger partial charge in [0.05, 0.1) is 0 Å². The molecule has 0 atom stereocenters. The standard InChI is InChI=1S/C16H27N3/c1-6-18-7-9-19(10-8-18)15-13(2)11-14(12-17-15)16(3,4)5/h11-12H,6-10H2,1-5H3. The van der Waals surface area contributed by atoms with Gasteiger partial charge in [-0.05, 0) is 30.0 Å². The van der Waals surface area contributed by atoms with E-state index in [4.69, 9.17) is 4.98 Å². The van der Waals surface area contributed by atoms with Crippen LogP contribution in [0.3, 0.4) is 0 Å². The number of anilines is 1. The van der Waals surface area contributed by atoms with Crippen LogP contribution in [0.2, 0.25) is 0 Å². The molecule has 1 aliphatic rings. The molecule has 1 aliphatic heterocycles. The number of aryl methyl sites for hydroxylation is 1. The molecule has 19 heavy (non-hydrogen) atoms. The van der Waals surface area contributed by atoms with Crippen molar-refractivity contribution in [2.24, 2.45) is 0 Å². The summed E-state index contributed by atoms with van der Waals surface area (Å²) in [6.07, 6.45) is 2.05. The van der Waals surface area contributed by atoms with Crippen LogP contribution in [0.15, 0.2) is 12.3 Å². The van der Waals surface area contributed by atoms with Crippen molar-refractivity contribution in [3.8, 4) is 0 Å². The van der Waals surface area contributed by atoms with Crippen LogP contribution in [0.1, 0.15) is 38.8 Å². The molecule has 3 heteroatoms. The van der Waals surface area contributed by atoms with Gasteiger partial charge >= 0.3 is 0 Å². The molecule has 106 valence electrons. The number of hydrogen-bond donors (Lipinski definition) is 0. The third-order valence-corrected chi connectivity index (χ3v) is 4.04. The van der Waals surface area contributed by atoms with Crippen LogP contribution in [0, 0.1) is 6.92 Å². The summed E-state index contributed by atoms with van der Waals surface area (Å²) in [7, 11) is 0. The highest BCUT2D eigenvalue weighted by Crippen LogP contribution is 2.26. The zero-order valence-electron chi connectivity index (χ0n) is 13.0. The lowest BCUT2D eigenvalue weighted by atomic mass is 9.87. The van der Waals surface area contributed by atoms with Gasteiger partial charge in [0.15, 0.2) is 0 Å². The number of nitrogens with zero attached hydrogens (tertiary/aromatic N) is 3. The summed E-state index contributed by atoms with van der Waals surface area (Å²) in [5, 5.41) is 0. The first-order valence-corrected chi connectivity index (χ1v) is 7.36. The van der Waals surface area contributed by atoms with E-state index in [1.807, 2.05) is 0 Å². The molecule has 0 aromatic carbocycles. The van der Waals surface area contributed by atoms with Gasteiger partial charge in [0.25, 0.3) is 0 Å². The first-order valence-electron chi connectivity index (χ1n) is 7.36. The monoisotopic (exact) mass is 261 g/mol. The number of piperazine rings is 1. The summed E-state index contributed by atoms with van der Waals surface area (Å²) in [4.78, 5) is 9.65. The predicted octanol–water partition coefficient (Wildman–Crippen LogP) is 2.83. The Labute approximate surface area is 117 Å². The Morgan fingerprint density at radius 2 is 1.79 bits per heavy atom. The van der Waals surface area contributed by atoms with Crippen molar-refractivity contribution < 1.29 is 0 Å². The van der Waals surface area contributed by atoms with Crippen molar-refractivity contribution in [2.75, 3.05) is 37.6 Å². The molecule has 1 aromatic rings. The number of rotatable bonds is 2. The van der Waals surface area contributed by atoms with E-state index >= 15 is 0 Å². The third kappa shape index (κ3) is 3.27. The normalized spacial score (nSPS) is 17.8. The van der Waals surface area contributed by atoms with E-state index in [1.54, 1.807) is 0 Å². The van der Waals surface area contributed by atoms with Crippen LogP contribution in [0.25, 0.3) is 0 Å². The quantitative estimate of drug-likeness (QED) is 0.816. The van der Waals surface area contributed by atoms with Gasteiger partial charge in [0.2, 0.25) is 0 Å². The number of likely N-dealkylation sites (N-methyl/N-ethyl adjacent to an activating group) is 1. The first kappa shape index (κ1) is 14.3. The molecule has 0 radical (unpaired) electrons. The second kappa shape index (κ2) is 5.49. The maximum atomic E-state index is 4.73. The summed E-state index contributed by atoms with van der Waals surface area (Å²) in [6.45, 7) is 16.8. The molecule has 0 bridgehead atoms. The van der Waals surface area contributed by atoms with Gasteiger partial charge < -0.3 is 9.80 Å². The zero-order valence-corrected chi connectivity index (χ0v) is 13.0. The van der Waals surface area contributed by atoms with Gasteiger partial charge in [0, 0.05) is 32.4 Å². The molecule has 1 aromatic heterocycles. The van der Waals surface area contributed by atoms with Gasteiger partial charge in [-0.25, -0.2) is 4.98 Å².